The first-order chi connectivity index (χ1) is 17.3. The molecule has 2 atom stereocenters. The first-order valence-corrected chi connectivity index (χ1v) is 13.1. The van der Waals surface area contributed by atoms with Crippen LogP contribution in [0.25, 0.3) is 0 Å². The molecule has 0 spiro atoms. The van der Waals surface area contributed by atoms with Crippen molar-refractivity contribution in [3.8, 4) is 5.75 Å². The molecule has 2 amide bonds. The normalized spacial score (nSPS) is 17.8. The molecule has 2 heterocycles. The molecule has 2 aromatic carbocycles. The lowest BCUT2D eigenvalue weighted by molar-refractivity contribution is -0.133. The number of piperidine rings is 1. The molecule has 1 aromatic heterocycles. The Morgan fingerprint density at radius 1 is 1.17 bits per heavy atom. The van der Waals surface area contributed by atoms with Gasteiger partial charge in [-0.3, -0.25) is 9.59 Å². The highest BCUT2D eigenvalue weighted by Crippen LogP contribution is 2.29. The molecule has 1 fully saturated rings. The van der Waals surface area contributed by atoms with E-state index in [2.05, 4.69) is 21.1 Å². The summed E-state index contributed by atoms with van der Waals surface area (Å²) >= 11 is 3.49. The van der Waals surface area contributed by atoms with Crippen LogP contribution in [0, 0.1) is 5.92 Å². The molecule has 4 rings (SSSR count). The van der Waals surface area contributed by atoms with Crippen LogP contribution >= 0.6 is 15.9 Å². The van der Waals surface area contributed by atoms with Gasteiger partial charge < -0.3 is 19.1 Å². The number of nitrogens with zero attached hydrogens (tertiary/aromatic N) is 3. The standard InChI is InChI=1S/C28H32BrN3O4/c1-19(2)24-16-26(36-30-24)28(34)32-13-12-25(35-23-11-7-10-22(29)15-23)21(18-32)14-27(33)31(3)17-20-8-5-4-6-9-20/h4-11,15-16,19,21,25H,12-14,17-18H2,1-3H3/t21-,25-/m0/s1. The number of halogens is 1. The fourth-order valence-electron chi connectivity index (χ4n) is 4.40. The fraction of sp³-hybridized carbons (Fsp3) is 0.393. The van der Waals surface area contributed by atoms with Crippen LogP contribution in [-0.4, -0.2) is 53.0 Å². The van der Waals surface area contributed by atoms with E-state index in [1.165, 1.54) is 0 Å². The van der Waals surface area contributed by atoms with Crippen molar-refractivity contribution in [1.82, 2.24) is 15.0 Å². The van der Waals surface area contributed by atoms with Crippen molar-refractivity contribution in [2.75, 3.05) is 20.1 Å². The number of hydrogen-bond donors (Lipinski definition) is 0. The van der Waals surface area contributed by atoms with E-state index in [4.69, 9.17) is 9.26 Å². The predicted octanol–water partition coefficient (Wildman–Crippen LogP) is 5.52. The minimum atomic E-state index is -0.203. The Morgan fingerprint density at radius 3 is 2.64 bits per heavy atom. The summed E-state index contributed by atoms with van der Waals surface area (Å²) in [6.45, 7) is 5.46. The second-order valence-electron chi connectivity index (χ2n) is 9.62. The minimum absolute atomic E-state index is 0.0164. The predicted molar refractivity (Wildman–Crippen MR) is 141 cm³/mol. The molecule has 1 aliphatic heterocycles. The summed E-state index contributed by atoms with van der Waals surface area (Å²) in [5.74, 6) is 0.788. The lowest BCUT2D eigenvalue weighted by atomic mass is 9.90. The first kappa shape index (κ1) is 25.9. The number of carbonyl (C=O) groups excluding carboxylic acids is 2. The van der Waals surface area contributed by atoms with E-state index in [9.17, 15) is 9.59 Å². The first-order valence-electron chi connectivity index (χ1n) is 12.3. The van der Waals surface area contributed by atoms with Crippen LogP contribution in [0.2, 0.25) is 0 Å². The zero-order valence-corrected chi connectivity index (χ0v) is 22.5. The topological polar surface area (TPSA) is 75.9 Å². The lowest BCUT2D eigenvalue weighted by Crippen LogP contribution is -2.49. The zero-order chi connectivity index (χ0) is 25.7. The number of hydrogen-bond acceptors (Lipinski definition) is 5. The van der Waals surface area contributed by atoms with Crippen molar-refractivity contribution in [2.45, 2.75) is 45.3 Å². The summed E-state index contributed by atoms with van der Waals surface area (Å²) in [7, 11) is 1.81. The molecule has 1 saturated heterocycles. The van der Waals surface area contributed by atoms with Gasteiger partial charge in [-0.15, -0.1) is 0 Å². The van der Waals surface area contributed by atoms with Crippen LogP contribution in [-0.2, 0) is 11.3 Å². The van der Waals surface area contributed by atoms with Gasteiger partial charge in [0.2, 0.25) is 11.7 Å². The maximum Gasteiger partial charge on any atom is 0.292 e. The Bertz CT molecular complexity index is 1180. The Labute approximate surface area is 220 Å². The molecular formula is C28H32BrN3O4. The molecule has 0 unspecified atom stereocenters. The second-order valence-corrected chi connectivity index (χ2v) is 10.5. The number of carbonyl (C=O) groups is 2. The van der Waals surface area contributed by atoms with Gasteiger partial charge in [0.25, 0.3) is 5.91 Å². The molecule has 36 heavy (non-hydrogen) atoms. The average Bonchev–Trinajstić information content (AvgIpc) is 3.36. The molecule has 3 aromatic rings. The molecule has 0 bridgehead atoms. The second kappa shape index (κ2) is 11.7. The Hall–Kier alpha value is -3.13. The van der Waals surface area contributed by atoms with Gasteiger partial charge in [-0.2, -0.15) is 0 Å². The quantitative estimate of drug-likeness (QED) is 0.367. The van der Waals surface area contributed by atoms with Gasteiger partial charge in [0, 0.05) is 56.0 Å². The van der Waals surface area contributed by atoms with Gasteiger partial charge in [-0.1, -0.05) is 71.3 Å². The van der Waals surface area contributed by atoms with Crippen LogP contribution in [0.15, 0.2) is 69.7 Å². The Balaban J connectivity index is 1.48. The van der Waals surface area contributed by atoms with E-state index in [0.29, 0.717) is 26.1 Å². The number of benzene rings is 2. The number of amides is 2. The molecule has 0 aliphatic carbocycles. The van der Waals surface area contributed by atoms with Gasteiger partial charge in [-0.25, -0.2) is 0 Å². The third-order valence-electron chi connectivity index (χ3n) is 6.49. The zero-order valence-electron chi connectivity index (χ0n) is 20.9. The highest BCUT2D eigenvalue weighted by atomic mass is 79.9. The lowest BCUT2D eigenvalue weighted by Gasteiger charge is -2.38. The minimum Gasteiger partial charge on any atom is -0.490 e. The smallest absolute Gasteiger partial charge is 0.292 e. The Morgan fingerprint density at radius 2 is 1.94 bits per heavy atom. The van der Waals surface area contributed by atoms with E-state index >= 15 is 0 Å². The van der Waals surface area contributed by atoms with Gasteiger partial charge in [0.05, 0.1) is 5.69 Å². The summed E-state index contributed by atoms with van der Waals surface area (Å²) in [5.41, 5.74) is 1.82. The monoisotopic (exact) mass is 553 g/mol. The molecule has 190 valence electrons. The summed E-state index contributed by atoms with van der Waals surface area (Å²) in [6.07, 6.45) is 0.696. The van der Waals surface area contributed by atoms with E-state index in [-0.39, 0.29) is 41.9 Å². The van der Waals surface area contributed by atoms with Gasteiger partial charge in [0.15, 0.2) is 0 Å². The summed E-state index contributed by atoms with van der Waals surface area (Å²) in [5, 5.41) is 4.03. The largest absolute Gasteiger partial charge is 0.490 e. The van der Waals surface area contributed by atoms with Crippen LogP contribution < -0.4 is 4.74 Å². The summed E-state index contributed by atoms with van der Waals surface area (Å²) in [6, 6.07) is 19.3. The van der Waals surface area contributed by atoms with Crippen LogP contribution in [0.1, 0.15) is 54.4 Å². The number of aromatic nitrogens is 1. The summed E-state index contributed by atoms with van der Waals surface area (Å²) < 4.78 is 12.6. The van der Waals surface area contributed by atoms with Crippen LogP contribution in [0.5, 0.6) is 5.75 Å². The molecule has 0 N–H and O–H groups in total. The highest BCUT2D eigenvalue weighted by Gasteiger charge is 2.36. The maximum atomic E-state index is 13.2. The van der Waals surface area contributed by atoms with Gasteiger partial charge >= 0.3 is 0 Å². The van der Waals surface area contributed by atoms with Crippen LogP contribution in [0.3, 0.4) is 0 Å². The number of likely N-dealkylation sites (tertiary alicyclic amines) is 1. The molecule has 8 heteroatoms. The average molecular weight is 554 g/mol. The SMILES string of the molecule is CC(C)c1cc(C(=O)N2CC[C@H](Oc3cccc(Br)c3)[C@@H](CC(=O)N(C)Cc3ccccc3)C2)on1. The molecular weight excluding hydrogens is 522 g/mol. The van der Waals surface area contributed by atoms with Crippen molar-refractivity contribution >= 4 is 27.7 Å². The van der Waals surface area contributed by atoms with E-state index in [0.717, 1.165) is 21.5 Å². The number of rotatable bonds is 8. The van der Waals surface area contributed by atoms with Crippen molar-refractivity contribution in [3.63, 3.8) is 0 Å². The van der Waals surface area contributed by atoms with Crippen molar-refractivity contribution in [2.24, 2.45) is 5.92 Å². The fourth-order valence-corrected chi connectivity index (χ4v) is 4.78. The molecule has 1 aliphatic rings. The molecule has 7 nitrogen and oxygen atoms in total. The molecule has 0 saturated carbocycles. The van der Waals surface area contributed by atoms with Crippen molar-refractivity contribution in [1.29, 1.82) is 0 Å². The third-order valence-corrected chi connectivity index (χ3v) is 6.98. The molecule has 0 radical (unpaired) electrons. The van der Waals surface area contributed by atoms with E-state index in [1.807, 2.05) is 75.5 Å². The van der Waals surface area contributed by atoms with Crippen molar-refractivity contribution in [3.05, 3.63) is 82.2 Å². The van der Waals surface area contributed by atoms with Gasteiger partial charge in [0.1, 0.15) is 11.9 Å². The summed E-state index contributed by atoms with van der Waals surface area (Å²) in [4.78, 5) is 29.9. The van der Waals surface area contributed by atoms with E-state index in [1.54, 1.807) is 15.9 Å². The third kappa shape index (κ3) is 6.55. The number of ether oxygens (including phenoxy) is 1. The maximum absolute atomic E-state index is 13.2. The Kier molecular flexibility index (Phi) is 8.46. The van der Waals surface area contributed by atoms with Gasteiger partial charge in [-0.05, 0) is 29.7 Å². The van der Waals surface area contributed by atoms with E-state index < -0.39 is 0 Å². The highest BCUT2D eigenvalue weighted by molar-refractivity contribution is 9.10. The van der Waals surface area contributed by atoms with Crippen molar-refractivity contribution < 1.29 is 18.8 Å². The van der Waals surface area contributed by atoms with Crippen LogP contribution in [0.4, 0.5) is 0 Å².